The minimum atomic E-state index is -0.740. The number of rotatable bonds is 12. The van der Waals surface area contributed by atoms with Gasteiger partial charge in [0, 0.05) is 53.4 Å². The smallest absolute Gasteiger partial charge is 0.407 e. The van der Waals surface area contributed by atoms with Crippen molar-refractivity contribution in [1.82, 2.24) is 49.9 Å². The van der Waals surface area contributed by atoms with Crippen LogP contribution in [0.15, 0.2) is 55.0 Å². The van der Waals surface area contributed by atoms with E-state index in [1.54, 1.807) is 11.3 Å². The number of likely N-dealkylation sites (tertiary alicyclic amines) is 2. The van der Waals surface area contributed by atoms with Gasteiger partial charge in [0.25, 0.3) is 0 Å². The summed E-state index contributed by atoms with van der Waals surface area (Å²) in [5.74, 6) is 2.56. The van der Waals surface area contributed by atoms with Gasteiger partial charge >= 0.3 is 12.2 Å². The third-order valence-electron chi connectivity index (χ3n) is 16.8. The molecule has 0 radical (unpaired) electrons. The van der Waals surface area contributed by atoms with E-state index in [-0.39, 0.29) is 41.8 Å². The number of carbonyl (C=O) groups excluding carboxylic acids is 4. The van der Waals surface area contributed by atoms with Crippen LogP contribution >= 0.6 is 11.3 Å². The van der Waals surface area contributed by atoms with Crippen LogP contribution in [-0.2, 0) is 23.8 Å². The van der Waals surface area contributed by atoms with Crippen LogP contribution in [0.3, 0.4) is 0 Å². The maximum atomic E-state index is 14.7. The largest absolute Gasteiger partial charge is 0.464 e. The zero-order valence-electron chi connectivity index (χ0n) is 43.6. The number of fused-ring (bicyclic) bond motifs is 6. The molecule has 8 heterocycles. The van der Waals surface area contributed by atoms with Gasteiger partial charge in [-0.15, -0.1) is 11.3 Å². The molecule has 4 aliphatic heterocycles. The highest BCUT2D eigenvalue weighted by atomic mass is 32.1. The van der Waals surface area contributed by atoms with Gasteiger partial charge in [-0.2, -0.15) is 0 Å². The number of H-pyrrole nitrogens is 2. The van der Waals surface area contributed by atoms with E-state index in [0.717, 1.165) is 110 Å². The highest BCUT2D eigenvalue weighted by Gasteiger charge is 2.57. The van der Waals surface area contributed by atoms with Crippen molar-refractivity contribution in [3.05, 3.63) is 82.1 Å². The Morgan fingerprint density at radius 2 is 1.59 bits per heavy atom. The quantitative estimate of drug-likeness (QED) is 0.0906. The fraction of sp³-hybridized carbons (Fsp3) is 0.518. The second-order valence-corrected chi connectivity index (χ2v) is 23.6. The Hall–Kier alpha value is -6.73. The lowest BCUT2D eigenvalue weighted by Gasteiger charge is -2.40. The summed E-state index contributed by atoms with van der Waals surface area (Å²) >= 11 is 1.73. The van der Waals surface area contributed by atoms with Crippen LogP contribution < -0.4 is 15.4 Å². The predicted molar refractivity (Wildman–Crippen MR) is 281 cm³/mol. The van der Waals surface area contributed by atoms with Crippen molar-refractivity contribution in [3.63, 3.8) is 0 Å². The number of carbonyl (C=O) groups is 4. The number of aryl methyl sites for hydroxylation is 1. The lowest BCUT2D eigenvalue weighted by atomic mass is 9.82. The molecule has 394 valence electrons. The Morgan fingerprint density at radius 3 is 2.31 bits per heavy atom. The van der Waals surface area contributed by atoms with Gasteiger partial charge in [0.05, 0.1) is 76.8 Å². The van der Waals surface area contributed by atoms with E-state index in [0.29, 0.717) is 43.7 Å². The van der Waals surface area contributed by atoms with Gasteiger partial charge in [0.2, 0.25) is 18.0 Å². The molecule has 12 rings (SSSR count). The van der Waals surface area contributed by atoms with E-state index >= 15 is 0 Å². The Balaban J connectivity index is 0.852. The lowest BCUT2D eigenvalue weighted by Crippen LogP contribution is -2.55. The average Bonchev–Trinajstić information content (AvgIpc) is 4.14. The third-order valence-corrected chi connectivity index (χ3v) is 18.0. The normalized spacial score (nSPS) is 24.4. The predicted octanol–water partition coefficient (Wildman–Crippen LogP) is 9.70. The van der Waals surface area contributed by atoms with E-state index in [1.165, 1.54) is 20.6 Å². The van der Waals surface area contributed by atoms with Crippen molar-refractivity contribution in [2.24, 2.45) is 17.8 Å². The first-order chi connectivity index (χ1) is 36.2. The van der Waals surface area contributed by atoms with Gasteiger partial charge in [-0.05, 0) is 126 Å². The lowest BCUT2D eigenvalue weighted by molar-refractivity contribution is -0.140. The molecule has 5 fully saturated rings. The summed E-state index contributed by atoms with van der Waals surface area (Å²) in [5.41, 5.74) is 7.22. The Bertz CT molecular complexity index is 3210. The van der Waals surface area contributed by atoms with Crippen LogP contribution in [0.1, 0.15) is 137 Å². The standard InChI is InChI=1S/C56H66N10O8S/c1-28(2)46(62-54(69)71-6)51(67)64-16-9-12-39(64)48-57-26-37(61-48)33-18-29(3)45-41-21-34-19-31(13-14-38(34)66(41)53(74-43(45)23-33)44-27-59-50(75-44)30-10-8-11-30)36-25-58-49(60-36)42-22-35-20-40(35)65(42)52(68)47(63-55(70)72-7)32-15-17-73-56(4,5)24-32/h13-14,18-19,21,23,25-28,30,32,35,39-40,42,46-47,53H,8-12,15-17,20,22,24H2,1-7H3,(H,57,61)(H,58,60)(H,62,69)(H,63,70)/t32?,35-,39+,40?,42+,46+,47?,53?/m1/s1. The topological polar surface area (TPSA) is 211 Å². The second kappa shape index (κ2) is 19.1. The molecule has 3 saturated heterocycles. The number of hydrogen-bond acceptors (Lipinski definition) is 12. The molecule has 8 atom stereocenters. The van der Waals surface area contributed by atoms with Crippen LogP contribution in [0.5, 0.6) is 5.75 Å². The summed E-state index contributed by atoms with van der Waals surface area (Å²) in [6.07, 6.45) is 12.1. The van der Waals surface area contributed by atoms with Crippen LogP contribution in [-0.4, -0.2) is 114 Å². The second-order valence-electron chi connectivity index (χ2n) is 22.5. The third kappa shape index (κ3) is 8.92. The summed E-state index contributed by atoms with van der Waals surface area (Å²) in [6, 6.07) is 11.1. The van der Waals surface area contributed by atoms with Gasteiger partial charge in [-0.3, -0.25) is 14.2 Å². The molecule has 4 N–H and O–H groups in total. The van der Waals surface area contributed by atoms with E-state index in [2.05, 4.69) is 68.5 Å². The van der Waals surface area contributed by atoms with Crippen molar-refractivity contribution < 1.29 is 38.1 Å². The minimum absolute atomic E-state index is 0.0947. The van der Waals surface area contributed by atoms with Crippen LogP contribution in [0.4, 0.5) is 9.59 Å². The molecule has 2 aromatic carbocycles. The molecule has 0 spiro atoms. The number of nitrogens with one attached hydrogen (secondary N) is 4. The molecule has 2 saturated carbocycles. The van der Waals surface area contributed by atoms with E-state index in [4.69, 9.17) is 33.9 Å². The highest BCUT2D eigenvalue weighted by Crippen LogP contribution is 2.54. The first kappa shape index (κ1) is 49.2. The molecule has 18 nitrogen and oxygen atoms in total. The van der Waals surface area contributed by atoms with Gasteiger partial charge < -0.3 is 49.3 Å². The molecule has 4 unspecified atom stereocenters. The highest BCUT2D eigenvalue weighted by molar-refractivity contribution is 7.11. The molecule has 2 aliphatic carbocycles. The van der Waals surface area contributed by atoms with E-state index in [9.17, 15) is 19.2 Å². The number of ether oxygens (including phenoxy) is 4. The number of nitrogens with zero attached hydrogens (tertiary/aromatic N) is 6. The number of thiazole rings is 1. The van der Waals surface area contributed by atoms with Crippen molar-refractivity contribution in [3.8, 4) is 39.5 Å². The van der Waals surface area contributed by atoms with Crippen molar-refractivity contribution in [1.29, 1.82) is 0 Å². The minimum Gasteiger partial charge on any atom is -0.464 e. The molecule has 6 aliphatic rings. The molecule has 75 heavy (non-hydrogen) atoms. The average molecular weight is 1040 g/mol. The number of amides is 4. The zero-order chi connectivity index (χ0) is 52.0. The summed E-state index contributed by atoms with van der Waals surface area (Å²) in [4.78, 5) is 80.3. The van der Waals surface area contributed by atoms with E-state index in [1.807, 2.05) is 56.1 Å². The number of hydrogen-bond donors (Lipinski definition) is 4. The molecule has 6 aromatic rings. The maximum Gasteiger partial charge on any atom is 0.407 e. The fourth-order valence-electron chi connectivity index (χ4n) is 12.6. The SMILES string of the molecule is COC(=O)NC(C(=O)N1C2C[C@@H]2C[C@H]1c1ncc(-c2ccc3c(c2)cc2n3C(c3cnc(C4CCC4)s3)Oc3cc(-c4cnc([C@@H]5CCCN5C(=O)[C@@H](NC(=O)OC)C(C)C)[nH]4)cc(C)c3-2)[nH]1)C1CCOC(C)(C)C1. The fourth-order valence-corrected chi connectivity index (χ4v) is 13.7. The van der Waals surface area contributed by atoms with Crippen LogP contribution in [0.2, 0.25) is 0 Å². The summed E-state index contributed by atoms with van der Waals surface area (Å²) < 4.78 is 25.3. The van der Waals surface area contributed by atoms with Crippen molar-refractivity contribution in [2.45, 2.75) is 140 Å². The molecule has 19 heteroatoms. The molecule has 0 bridgehead atoms. The van der Waals surface area contributed by atoms with Crippen LogP contribution in [0, 0.1) is 24.7 Å². The van der Waals surface area contributed by atoms with Gasteiger partial charge in [0.1, 0.15) is 29.5 Å². The summed E-state index contributed by atoms with van der Waals surface area (Å²) in [7, 11) is 2.63. The number of aromatic nitrogens is 6. The van der Waals surface area contributed by atoms with Crippen LogP contribution in [0.25, 0.3) is 44.7 Å². The molecular formula is C56H66N10O8S. The Labute approximate surface area is 439 Å². The Kier molecular flexibility index (Phi) is 12.5. The van der Waals surface area contributed by atoms with Crippen molar-refractivity contribution >= 4 is 46.2 Å². The zero-order valence-corrected chi connectivity index (χ0v) is 44.4. The van der Waals surface area contributed by atoms with Crippen molar-refractivity contribution in [2.75, 3.05) is 27.4 Å². The first-order valence-electron chi connectivity index (χ1n) is 26.6. The first-order valence-corrected chi connectivity index (χ1v) is 27.5. The number of imidazole rings is 2. The molecule has 4 aromatic heterocycles. The number of benzene rings is 2. The summed E-state index contributed by atoms with van der Waals surface area (Å²) in [6.45, 7) is 11.1. The number of alkyl carbamates (subject to hydrolysis) is 2. The van der Waals surface area contributed by atoms with E-state index < -0.39 is 36.1 Å². The number of methoxy groups -OCH3 is 2. The number of aromatic amines is 2. The maximum absolute atomic E-state index is 14.7. The Morgan fingerprint density at radius 1 is 0.840 bits per heavy atom. The molecule has 4 amide bonds. The number of piperidine rings is 1. The molecular weight excluding hydrogens is 973 g/mol. The van der Waals surface area contributed by atoms with Gasteiger partial charge in [-0.25, -0.2) is 24.5 Å². The van der Waals surface area contributed by atoms with Gasteiger partial charge in [0.15, 0.2) is 0 Å². The summed E-state index contributed by atoms with van der Waals surface area (Å²) in [5, 5.41) is 7.85. The van der Waals surface area contributed by atoms with Gasteiger partial charge in [-0.1, -0.05) is 26.3 Å². The monoisotopic (exact) mass is 1040 g/mol.